The minimum Gasteiger partial charge on any atom is -0.470 e. The van der Waals surface area contributed by atoms with Crippen molar-refractivity contribution in [1.29, 1.82) is 0 Å². The van der Waals surface area contributed by atoms with Gasteiger partial charge in [0.2, 0.25) is 0 Å². The average molecular weight is 1030 g/mol. The van der Waals surface area contributed by atoms with Crippen LogP contribution in [0.1, 0.15) is 52.7 Å². The number of hydrogen-bond donors (Lipinski definition) is 2. The third kappa shape index (κ3) is 9.24. The number of hydrogen-bond acceptors (Lipinski definition) is 6. The first-order valence-corrected chi connectivity index (χ1v) is 28.2. The highest BCUT2D eigenvalue weighted by Crippen LogP contribution is 2.42. The fraction of sp³-hybridized carbons (Fsp3) is 0.114. The highest BCUT2D eigenvalue weighted by atomic mass is 32.1. The van der Waals surface area contributed by atoms with E-state index in [-0.39, 0.29) is 10.8 Å². The third-order valence-corrected chi connectivity index (χ3v) is 17.0. The number of fused-ring (bicyclic) bond motifs is 4. The molecular weight excluding hydrogens is 976 g/mol. The van der Waals surface area contributed by atoms with Crippen LogP contribution in [0.3, 0.4) is 0 Å². The summed E-state index contributed by atoms with van der Waals surface area (Å²) < 4.78 is 16.9. The highest BCUT2D eigenvalue weighted by Gasteiger charge is 2.36. The van der Waals surface area contributed by atoms with E-state index < -0.39 is 6.71 Å². The van der Waals surface area contributed by atoms with Crippen LogP contribution in [-0.4, -0.2) is 6.71 Å². The summed E-state index contributed by atoms with van der Waals surface area (Å²) >= 11 is 3.56. The molecule has 0 bridgehead atoms. The van der Waals surface area contributed by atoms with E-state index in [1.165, 1.54) is 42.4 Å². The van der Waals surface area contributed by atoms with E-state index in [0.29, 0.717) is 0 Å². The molecule has 13 aromatic rings. The van der Waals surface area contributed by atoms with Crippen molar-refractivity contribution in [3.8, 4) is 44.5 Å². The van der Waals surface area contributed by atoms with Crippen molar-refractivity contribution < 1.29 is 8.83 Å². The van der Waals surface area contributed by atoms with Crippen LogP contribution in [0.2, 0.25) is 0 Å². The van der Waals surface area contributed by atoms with E-state index in [1.54, 1.807) is 22.7 Å². The molecule has 0 saturated heterocycles. The molecule has 0 spiro atoms. The standard InChI is InChI=1S/C70H57BN2O2S2/c1-69(2,3)50-30-34-62-48(36-50)40-66(74-62)71(67-41-49-37-51(70(4,5)6)31-35-63(49)75-67)68-58(72-60-38-46(28-32-52(60)44-18-9-7-10-19-44)56-42-76-64-26-15-13-22-54(56)64)24-17-25-59(68)73-61-39-47(29-33-53(61)45-20-11-8-12-21-45)57-43-77-65-27-16-14-23-55(57)65/h7-43,72-73H,1-6H3. The monoisotopic (exact) mass is 1030 g/mol. The average Bonchev–Trinajstić information content (AvgIpc) is 4.29. The topological polar surface area (TPSA) is 50.3 Å². The lowest BCUT2D eigenvalue weighted by molar-refractivity contribution is 0.590. The summed E-state index contributed by atoms with van der Waals surface area (Å²) in [4.78, 5) is 0. The van der Waals surface area contributed by atoms with Crippen LogP contribution >= 0.6 is 22.7 Å². The fourth-order valence-electron chi connectivity index (χ4n) is 10.9. The smallest absolute Gasteiger partial charge is 0.336 e. The molecule has 0 radical (unpaired) electrons. The predicted octanol–water partition coefficient (Wildman–Crippen LogP) is 18.9. The van der Waals surface area contributed by atoms with Gasteiger partial charge in [-0.1, -0.05) is 181 Å². The first-order valence-electron chi connectivity index (χ1n) is 26.5. The third-order valence-electron chi connectivity index (χ3n) is 15.1. The molecule has 0 aliphatic rings. The van der Waals surface area contributed by atoms with Gasteiger partial charge in [0.25, 0.3) is 0 Å². The van der Waals surface area contributed by atoms with Gasteiger partial charge in [-0.2, -0.15) is 0 Å². The number of furan rings is 2. The molecule has 0 saturated carbocycles. The van der Waals surface area contributed by atoms with E-state index in [4.69, 9.17) is 8.83 Å². The molecule has 0 aliphatic carbocycles. The number of thiophene rings is 2. The molecule has 4 heterocycles. The van der Waals surface area contributed by atoms with Crippen LogP contribution < -0.4 is 27.4 Å². The zero-order chi connectivity index (χ0) is 52.4. The maximum absolute atomic E-state index is 7.18. The van der Waals surface area contributed by atoms with Crippen LogP contribution in [0.5, 0.6) is 0 Å². The van der Waals surface area contributed by atoms with Gasteiger partial charge in [0.05, 0.1) is 11.3 Å². The second-order valence-corrected chi connectivity index (χ2v) is 24.1. The molecule has 0 amide bonds. The maximum Gasteiger partial charge on any atom is 0.336 e. The van der Waals surface area contributed by atoms with Gasteiger partial charge < -0.3 is 19.5 Å². The van der Waals surface area contributed by atoms with Crippen LogP contribution in [0.4, 0.5) is 22.7 Å². The van der Waals surface area contributed by atoms with Crippen molar-refractivity contribution in [3.05, 3.63) is 234 Å². The van der Waals surface area contributed by atoms with E-state index in [2.05, 4.69) is 275 Å². The van der Waals surface area contributed by atoms with Gasteiger partial charge in [-0.3, -0.25) is 0 Å². The maximum atomic E-state index is 7.18. The summed E-state index contributed by atoms with van der Waals surface area (Å²) in [6.07, 6.45) is 0. The SMILES string of the molecule is CC(C)(C)c1ccc2oc(B(c3cc4cc(C(C)(C)C)ccc4o3)c3c(Nc4cc(-c5csc6ccccc56)ccc4-c4ccccc4)cccc3Nc3cc(-c4csc5ccccc45)ccc3-c3ccccc3)cc2c1. The molecule has 13 rings (SSSR count). The summed E-state index contributed by atoms with van der Waals surface area (Å²) in [6, 6.07) is 76.7. The normalized spacial score (nSPS) is 12.0. The Morgan fingerprint density at radius 1 is 0.364 bits per heavy atom. The molecule has 77 heavy (non-hydrogen) atoms. The van der Waals surface area contributed by atoms with Crippen LogP contribution in [0, 0.1) is 0 Å². The number of anilines is 4. The number of benzene rings is 9. The molecule has 0 unspecified atom stereocenters. The van der Waals surface area contributed by atoms with E-state index in [0.717, 1.165) is 94.9 Å². The van der Waals surface area contributed by atoms with Gasteiger partial charge in [0, 0.05) is 75.9 Å². The summed E-state index contributed by atoms with van der Waals surface area (Å²) in [5, 5.41) is 17.4. The van der Waals surface area contributed by atoms with E-state index in [9.17, 15) is 0 Å². The number of nitrogens with one attached hydrogen (secondary N) is 2. The molecule has 7 heteroatoms. The second kappa shape index (κ2) is 19.3. The molecule has 4 aromatic heterocycles. The Hall–Kier alpha value is -8.36. The second-order valence-electron chi connectivity index (χ2n) is 22.3. The largest absolute Gasteiger partial charge is 0.470 e. The molecule has 0 fully saturated rings. The minimum atomic E-state index is -0.523. The Balaban J connectivity index is 1.07. The fourth-order valence-corrected chi connectivity index (χ4v) is 12.9. The zero-order valence-corrected chi connectivity index (χ0v) is 45.7. The Kier molecular flexibility index (Phi) is 12.1. The van der Waals surface area contributed by atoms with Crippen molar-refractivity contribution in [2.75, 3.05) is 10.6 Å². The minimum absolute atomic E-state index is 0.0528. The Morgan fingerprint density at radius 3 is 1.23 bits per heavy atom. The Labute approximate surface area is 458 Å². The summed E-state index contributed by atoms with van der Waals surface area (Å²) in [7, 11) is 0. The molecule has 9 aromatic carbocycles. The first kappa shape index (κ1) is 48.3. The molecular formula is C70H57BN2O2S2. The van der Waals surface area contributed by atoms with Crippen LogP contribution in [0.15, 0.2) is 232 Å². The van der Waals surface area contributed by atoms with Crippen molar-refractivity contribution in [1.82, 2.24) is 0 Å². The molecule has 4 nitrogen and oxygen atoms in total. The van der Waals surface area contributed by atoms with Gasteiger partial charge in [-0.05, 0) is 133 Å². The summed E-state index contributed by atoms with van der Waals surface area (Å²) in [6.45, 7) is 13.0. The predicted molar refractivity (Wildman–Crippen MR) is 333 cm³/mol. The van der Waals surface area contributed by atoms with E-state index >= 15 is 0 Å². The summed E-state index contributed by atoms with van der Waals surface area (Å²) in [5.41, 5.74) is 19.5. The quantitative estimate of drug-likeness (QED) is 0.127. The molecule has 0 aliphatic heterocycles. The Morgan fingerprint density at radius 2 is 0.792 bits per heavy atom. The van der Waals surface area contributed by atoms with Gasteiger partial charge in [-0.15, -0.1) is 22.7 Å². The summed E-state index contributed by atoms with van der Waals surface area (Å²) in [5.74, 6) is 0. The Bertz CT molecular complexity index is 4050. The first-order chi connectivity index (χ1) is 37.4. The van der Waals surface area contributed by atoms with Crippen molar-refractivity contribution in [3.63, 3.8) is 0 Å². The van der Waals surface area contributed by atoms with Crippen molar-refractivity contribution >= 4 is 111 Å². The molecule has 374 valence electrons. The van der Waals surface area contributed by atoms with Gasteiger partial charge in [-0.25, -0.2) is 0 Å². The highest BCUT2D eigenvalue weighted by molar-refractivity contribution is 7.18. The van der Waals surface area contributed by atoms with Crippen LogP contribution in [-0.2, 0) is 10.8 Å². The van der Waals surface area contributed by atoms with Gasteiger partial charge in [0.15, 0.2) is 0 Å². The van der Waals surface area contributed by atoms with Gasteiger partial charge >= 0.3 is 6.71 Å². The van der Waals surface area contributed by atoms with Gasteiger partial charge in [0.1, 0.15) is 11.2 Å². The van der Waals surface area contributed by atoms with Crippen molar-refractivity contribution in [2.45, 2.75) is 52.4 Å². The lowest BCUT2D eigenvalue weighted by atomic mass is 9.40. The molecule has 2 N–H and O–H groups in total. The van der Waals surface area contributed by atoms with Crippen molar-refractivity contribution in [2.24, 2.45) is 0 Å². The lowest BCUT2D eigenvalue weighted by Crippen LogP contribution is -2.52. The zero-order valence-electron chi connectivity index (χ0n) is 44.1. The molecule has 0 atom stereocenters. The van der Waals surface area contributed by atoms with E-state index in [1.807, 2.05) is 0 Å². The lowest BCUT2D eigenvalue weighted by Gasteiger charge is -2.23. The van der Waals surface area contributed by atoms with Crippen LogP contribution in [0.25, 0.3) is 86.6 Å². The number of rotatable bonds is 11.